The topological polar surface area (TPSA) is 65.7 Å². The second-order valence-electron chi connectivity index (χ2n) is 8.32. The van der Waals surface area contributed by atoms with Crippen LogP contribution in [-0.4, -0.2) is 40.4 Å². The van der Waals surface area contributed by atoms with Crippen molar-refractivity contribution in [2.75, 3.05) is 12.8 Å². The average molecular weight is 478 g/mol. The molecule has 0 fully saturated rings. The third kappa shape index (κ3) is 6.39. The monoisotopic (exact) mass is 477 g/mol. The fourth-order valence-corrected chi connectivity index (χ4v) is 3.83. The van der Waals surface area contributed by atoms with E-state index in [2.05, 4.69) is 43.0 Å². The lowest BCUT2D eigenvalue weighted by Crippen LogP contribution is -2.17. The van der Waals surface area contributed by atoms with Gasteiger partial charge >= 0.3 is 5.30 Å². The SMILES string of the molecule is CCSC(=O)OC(C)O/C(=C(/C=N\C)c1ccc(C(C)(C)C)cc1)c1c(Cl)c(C)nn1C. The van der Waals surface area contributed by atoms with E-state index in [1.54, 1.807) is 31.9 Å². The number of carbonyl (C=O) groups excluding carboxylic acids is 1. The van der Waals surface area contributed by atoms with Gasteiger partial charge in [0.2, 0.25) is 6.29 Å². The molecule has 0 aliphatic carbocycles. The molecule has 174 valence electrons. The number of carbonyl (C=O) groups is 1. The fraction of sp³-hybridized carbons (Fsp3) is 0.458. The predicted octanol–water partition coefficient (Wildman–Crippen LogP) is 6.50. The van der Waals surface area contributed by atoms with Gasteiger partial charge in [0.05, 0.1) is 10.7 Å². The third-order valence-electron chi connectivity index (χ3n) is 4.74. The minimum atomic E-state index is -0.836. The Morgan fingerprint density at radius 1 is 1.28 bits per heavy atom. The maximum atomic E-state index is 12.0. The highest BCUT2D eigenvalue weighted by Gasteiger charge is 2.25. The van der Waals surface area contributed by atoms with Crippen molar-refractivity contribution < 1.29 is 14.3 Å². The standard InChI is InChI=1S/C24H32ClN3O3S/c1-9-32-23(29)31-16(3)30-22(21-20(25)15(2)27-28(21)8)19(14-26-7)17-10-12-18(13-11-17)24(4,5)6/h10-14,16H,9H2,1-8H3/b22-19-,26-14-. The molecule has 1 aromatic heterocycles. The van der Waals surface area contributed by atoms with Crippen molar-refractivity contribution >= 4 is 46.2 Å². The molecule has 8 heteroatoms. The minimum Gasteiger partial charge on any atom is -0.452 e. The predicted molar refractivity (Wildman–Crippen MR) is 134 cm³/mol. The number of ether oxygens (including phenoxy) is 2. The molecule has 2 aromatic rings. The molecule has 0 amide bonds. The zero-order valence-corrected chi connectivity index (χ0v) is 21.6. The summed E-state index contributed by atoms with van der Waals surface area (Å²) < 4.78 is 13.3. The van der Waals surface area contributed by atoms with Crippen LogP contribution in [0.1, 0.15) is 57.1 Å². The van der Waals surface area contributed by atoms with Gasteiger partial charge in [0.15, 0.2) is 5.76 Å². The fourth-order valence-electron chi connectivity index (χ4n) is 3.15. The molecule has 0 aliphatic rings. The van der Waals surface area contributed by atoms with Gasteiger partial charge < -0.3 is 9.47 Å². The lowest BCUT2D eigenvalue weighted by molar-refractivity contribution is -0.0253. The summed E-state index contributed by atoms with van der Waals surface area (Å²) in [5, 5.41) is 4.50. The van der Waals surface area contributed by atoms with Gasteiger partial charge in [-0.2, -0.15) is 5.10 Å². The van der Waals surface area contributed by atoms with E-state index in [1.807, 2.05) is 26.0 Å². The summed E-state index contributed by atoms with van der Waals surface area (Å²) in [6, 6.07) is 8.24. The Kier molecular flexibility index (Phi) is 8.98. The van der Waals surface area contributed by atoms with E-state index in [-0.39, 0.29) is 5.41 Å². The van der Waals surface area contributed by atoms with Gasteiger partial charge in [0.25, 0.3) is 0 Å². The molecule has 1 unspecified atom stereocenters. The van der Waals surface area contributed by atoms with E-state index >= 15 is 0 Å². The van der Waals surface area contributed by atoms with Gasteiger partial charge in [0, 0.05) is 38.6 Å². The van der Waals surface area contributed by atoms with Crippen LogP contribution < -0.4 is 0 Å². The molecule has 0 N–H and O–H groups in total. The number of hydrogen-bond donors (Lipinski definition) is 0. The highest BCUT2D eigenvalue weighted by atomic mass is 35.5. The van der Waals surface area contributed by atoms with Crippen LogP contribution in [0.25, 0.3) is 11.3 Å². The van der Waals surface area contributed by atoms with Crippen molar-refractivity contribution in [3.05, 3.63) is 51.8 Å². The molecule has 1 atom stereocenters. The van der Waals surface area contributed by atoms with Crippen LogP contribution in [0.3, 0.4) is 0 Å². The molecular formula is C24H32ClN3O3S. The summed E-state index contributed by atoms with van der Waals surface area (Å²) in [7, 11) is 3.49. The normalized spacial score (nSPS) is 13.8. The molecule has 0 bridgehead atoms. The molecule has 0 saturated heterocycles. The lowest BCUT2D eigenvalue weighted by atomic mass is 9.86. The average Bonchev–Trinajstić information content (AvgIpc) is 2.96. The smallest absolute Gasteiger partial charge is 0.370 e. The Labute approximate surface area is 200 Å². The zero-order chi connectivity index (χ0) is 24.1. The molecule has 2 rings (SSSR count). The highest BCUT2D eigenvalue weighted by Crippen LogP contribution is 2.34. The first-order valence-electron chi connectivity index (χ1n) is 10.5. The first-order valence-corrected chi connectivity index (χ1v) is 11.8. The summed E-state index contributed by atoms with van der Waals surface area (Å²) in [4.78, 5) is 16.2. The van der Waals surface area contributed by atoms with Crippen molar-refractivity contribution in [3.8, 4) is 0 Å². The molecule has 0 radical (unpaired) electrons. The Balaban J connectivity index is 2.65. The number of nitrogens with zero attached hydrogens (tertiary/aromatic N) is 3. The van der Waals surface area contributed by atoms with E-state index < -0.39 is 11.6 Å². The number of allylic oxidation sites excluding steroid dienone is 1. The minimum absolute atomic E-state index is 0.0305. The molecule has 32 heavy (non-hydrogen) atoms. The first-order chi connectivity index (χ1) is 15.0. The van der Waals surface area contributed by atoms with E-state index in [1.165, 1.54) is 5.56 Å². The Morgan fingerprint density at radius 3 is 2.38 bits per heavy atom. The van der Waals surface area contributed by atoms with E-state index in [4.69, 9.17) is 21.1 Å². The second kappa shape index (κ2) is 11.1. The van der Waals surface area contributed by atoms with Gasteiger partial charge in [-0.05, 0) is 35.2 Å². The van der Waals surface area contributed by atoms with Crippen LogP contribution in [0.4, 0.5) is 4.79 Å². The Bertz CT molecular complexity index is 1000. The number of thioether (sulfide) groups is 1. The number of aromatic nitrogens is 2. The van der Waals surface area contributed by atoms with Gasteiger partial charge in [-0.3, -0.25) is 9.67 Å². The van der Waals surface area contributed by atoms with Gasteiger partial charge in [-0.1, -0.05) is 63.6 Å². The van der Waals surface area contributed by atoms with Crippen LogP contribution in [0, 0.1) is 6.92 Å². The van der Waals surface area contributed by atoms with Crippen LogP contribution in [-0.2, 0) is 21.9 Å². The summed E-state index contributed by atoms with van der Waals surface area (Å²) >= 11 is 7.70. The maximum Gasteiger partial charge on any atom is 0.370 e. The van der Waals surface area contributed by atoms with Crippen molar-refractivity contribution in [2.24, 2.45) is 12.0 Å². The van der Waals surface area contributed by atoms with E-state index in [0.717, 1.165) is 17.3 Å². The molecule has 0 saturated carbocycles. The summed E-state index contributed by atoms with van der Waals surface area (Å²) in [6.45, 7) is 11.9. The van der Waals surface area contributed by atoms with Crippen molar-refractivity contribution in [1.29, 1.82) is 0 Å². The first kappa shape index (κ1) is 26.0. The third-order valence-corrected chi connectivity index (χ3v) is 5.81. The van der Waals surface area contributed by atoms with Crippen LogP contribution >= 0.6 is 23.4 Å². The Morgan fingerprint density at radius 2 is 1.91 bits per heavy atom. The summed E-state index contributed by atoms with van der Waals surface area (Å²) in [6.07, 6.45) is 0.882. The van der Waals surface area contributed by atoms with Crippen LogP contribution in [0.15, 0.2) is 29.3 Å². The van der Waals surface area contributed by atoms with E-state index in [0.29, 0.717) is 33.5 Å². The summed E-state index contributed by atoms with van der Waals surface area (Å²) in [5.41, 5.74) is 4.11. The van der Waals surface area contributed by atoms with Gasteiger partial charge in [0.1, 0.15) is 5.69 Å². The molecule has 1 aromatic carbocycles. The number of benzene rings is 1. The number of aliphatic imine (C=N–C) groups is 1. The van der Waals surface area contributed by atoms with E-state index in [9.17, 15) is 4.79 Å². The maximum absolute atomic E-state index is 12.0. The molecule has 0 aliphatic heterocycles. The molecule has 1 heterocycles. The summed E-state index contributed by atoms with van der Waals surface area (Å²) in [5.74, 6) is 1.06. The van der Waals surface area contributed by atoms with Gasteiger partial charge in [-0.25, -0.2) is 4.79 Å². The molecule has 6 nitrogen and oxygen atoms in total. The number of rotatable bonds is 7. The van der Waals surface area contributed by atoms with Crippen molar-refractivity contribution in [1.82, 2.24) is 9.78 Å². The highest BCUT2D eigenvalue weighted by molar-refractivity contribution is 8.13. The molecule has 0 spiro atoms. The van der Waals surface area contributed by atoms with Crippen LogP contribution in [0.2, 0.25) is 5.02 Å². The zero-order valence-electron chi connectivity index (χ0n) is 20.0. The van der Waals surface area contributed by atoms with Gasteiger partial charge in [-0.15, -0.1) is 0 Å². The Hall–Kier alpha value is -2.25. The largest absolute Gasteiger partial charge is 0.452 e. The quantitative estimate of drug-likeness (QED) is 0.197. The van der Waals surface area contributed by atoms with Crippen molar-refractivity contribution in [2.45, 2.75) is 53.2 Å². The second-order valence-corrected chi connectivity index (χ2v) is 9.89. The molecular weight excluding hydrogens is 446 g/mol. The van der Waals surface area contributed by atoms with Crippen LogP contribution in [0.5, 0.6) is 0 Å². The number of aryl methyl sites for hydroxylation is 2. The number of halogens is 1. The number of hydrogen-bond acceptors (Lipinski definition) is 6. The lowest BCUT2D eigenvalue weighted by Gasteiger charge is -2.21. The van der Waals surface area contributed by atoms with Crippen molar-refractivity contribution in [3.63, 3.8) is 0 Å².